The van der Waals surface area contributed by atoms with Gasteiger partial charge in [-0.1, -0.05) is 21.6 Å². The summed E-state index contributed by atoms with van der Waals surface area (Å²) in [6.07, 6.45) is -1.44. The van der Waals surface area contributed by atoms with Crippen molar-refractivity contribution >= 4 is 55.5 Å². The topological polar surface area (TPSA) is 129 Å². The standard InChI is InChI=1S/C20H36N2O8S3/c1-9-27-15(23)13(21-17(25)29-19(3,4)5)11-31-33-32-12-14(16(24)28-10-2)22-18(26)30-20(6,7)8/h13-14H,9-12H2,1-8H3,(H,21,25)(H,22,26)/t13-,14-/m0/s1. The number of carbonyl (C=O) groups excluding carboxylic acids is 4. The molecular weight excluding hydrogens is 492 g/mol. The molecule has 0 aliphatic carbocycles. The van der Waals surface area contributed by atoms with Crippen molar-refractivity contribution in [2.75, 3.05) is 24.7 Å². The summed E-state index contributed by atoms with van der Waals surface area (Å²) in [5.74, 6) is -0.728. The first-order chi connectivity index (χ1) is 15.2. The van der Waals surface area contributed by atoms with Gasteiger partial charge in [0.25, 0.3) is 0 Å². The van der Waals surface area contributed by atoms with Gasteiger partial charge in [0.05, 0.1) is 13.2 Å². The molecule has 0 fully saturated rings. The molecule has 0 aromatic rings. The maximum atomic E-state index is 12.2. The van der Waals surface area contributed by atoms with Gasteiger partial charge in [-0.05, 0) is 65.2 Å². The minimum Gasteiger partial charge on any atom is -0.464 e. The summed E-state index contributed by atoms with van der Waals surface area (Å²) in [6.45, 7) is 14.0. The quantitative estimate of drug-likeness (QED) is 0.165. The smallest absolute Gasteiger partial charge is 0.408 e. The van der Waals surface area contributed by atoms with Crippen LogP contribution in [0.2, 0.25) is 0 Å². The number of alkyl carbamates (subject to hydrolysis) is 2. The Morgan fingerprint density at radius 3 is 1.30 bits per heavy atom. The van der Waals surface area contributed by atoms with Gasteiger partial charge in [-0.2, -0.15) is 0 Å². The molecule has 2 atom stereocenters. The molecule has 0 aromatic carbocycles. The maximum absolute atomic E-state index is 12.2. The highest BCUT2D eigenvalue weighted by atomic mass is 33.5. The van der Waals surface area contributed by atoms with Crippen molar-refractivity contribution in [3.8, 4) is 0 Å². The molecule has 0 aliphatic rings. The number of esters is 2. The van der Waals surface area contributed by atoms with Crippen LogP contribution in [0.25, 0.3) is 0 Å². The highest BCUT2D eigenvalue weighted by Crippen LogP contribution is 2.35. The van der Waals surface area contributed by atoms with Crippen LogP contribution in [0.3, 0.4) is 0 Å². The predicted molar refractivity (Wildman–Crippen MR) is 132 cm³/mol. The molecule has 2 N–H and O–H groups in total. The van der Waals surface area contributed by atoms with Crippen molar-refractivity contribution < 1.29 is 38.1 Å². The van der Waals surface area contributed by atoms with E-state index in [1.54, 1.807) is 55.4 Å². The van der Waals surface area contributed by atoms with Crippen LogP contribution in [0.5, 0.6) is 0 Å². The average Bonchev–Trinajstić information content (AvgIpc) is 2.63. The van der Waals surface area contributed by atoms with Crippen LogP contribution in [0.15, 0.2) is 0 Å². The molecule has 33 heavy (non-hydrogen) atoms. The summed E-state index contributed by atoms with van der Waals surface area (Å²) in [6, 6.07) is -1.81. The van der Waals surface area contributed by atoms with Gasteiger partial charge in [0.1, 0.15) is 23.3 Å². The third-order valence-corrected chi connectivity index (χ3v) is 7.35. The van der Waals surface area contributed by atoms with E-state index in [9.17, 15) is 19.2 Å². The summed E-state index contributed by atoms with van der Waals surface area (Å²) < 4.78 is 20.4. The summed E-state index contributed by atoms with van der Waals surface area (Å²) in [5.41, 5.74) is -1.41. The number of carbonyl (C=O) groups is 4. The van der Waals surface area contributed by atoms with Gasteiger partial charge in [0.15, 0.2) is 0 Å². The summed E-state index contributed by atoms with van der Waals surface area (Å²) >= 11 is 0. The highest BCUT2D eigenvalue weighted by molar-refractivity contribution is 9.09. The molecule has 192 valence electrons. The Balaban J connectivity index is 4.76. The van der Waals surface area contributed by atoms with Crippen LogP contribution in [0.4, 0.5) is 9.59 Å². The lowest BCUT2D eigenvalue weighted by Gasteiger charge is -2.23. The van der Waals surface area contributed by atoms with Crippen LogP contribution in [-0.2, 0) is 28.5 Å². The molecule has 0 unspecified atom stereocenters. The fourth-order valence-corrected chi connectivity index (χ4v) is 5.80. The Morgan fingerprint density at radius 2 is 1.03 bits per heavy atom. The van der Waals surface area contributed by atoms with E-state index in [2.05, 4.69) is 10.6 Å². The molecule has 0 radical (unpaired) electrons. The first-order valence-electron chi connectivity index (χ1n) is 10.4. The minimum absolute atomic E-state index is 0.176. The molecular formula is C20H36N2O8S3. The van der Waals surface area contributed by atoms with Gasteiger partial charge in [0.2, 0.25) is 0 Å². The van der Waals surface area contributed by atoms with Crippen LogP contribution >= 0.6 is 31.4 Å². The second kappa shape index (κ2) is 15.4. The van der Waals surface area contributed by atoms with Crippen LogP contribution in [-0.4, -0.2) is 72.1 Å². The first kappa shape index (κ1) is 31.5. The largest absolute Gasteiger partial charge is 0.464 e. The molecule has 0 rings (SSSR count). The second-order valence-electron chi connectivity index (χ2n) is 8.54. The lowest BCUT2D eigenvalue weighted by atomic mass is 10.2. The third-order valence-electron chi connectivity index (χ3n) is 3.09. The van der Waals surface area contributed by atoms with E-state index < -0.39 is 47.4 Å². The minimum atomic E-state index is -0.904. The summed E-state index contributed by atoms with van der Waals surface area (Å²) in [4.78, 5) is 48.4. The van der Waals surface area contributed by atoms with Crippen LogP contribution in [0, 0.1) is 0 Å². The molecule has 2 amide bonds. The molecule has 0 heterocycles. The Morgan fingerprint density at radius 1 is 0.697 bits per heavy atom. The van der Waals surface area contributed by atoms with Crippen molar-refractivity contribution in [3.63, 3.8) is 0 Å². The van der Waals surface area contributed by atoms with Gasteiger partial charge >= 0.3 is 24.1 Å². The Bertz CT molecular complexity index is 596. The van der Waals surface area contributed by atoms with Crippen molar-refractivity contribution in [1.82, 2.24) is 10.6 Å². The van der Waals surface area contributed by atoms with E-state index in [1.165, 1.54) is 31.4 Å². The predicted octanol–water partition coefficient (Wildman–Crippen LogP) is 3.93. The molecule has 0 spiro atoms. The third kappa shape index (κ3) is 16.7. The number of hydrogen-bond acceptors (Lipinski definition) is 11. The first-order valence-corrected chi connectivity index (χ1v) is 14.2. The second-order valence-corrected chi connectivity index (χ2v) is 12.9. The molecule has 0 bridgehead atoms. The normalized spacial score (nSPS) is 13.3. The van der Waals surface area contributed by atoms with Crippen molar-refractivity contribution in [2.45, 2.75) is 78.7 Å². The van der Waals surface area contributed by atoms with E-state index in [4.69, 9.17) is 18.9 Å². The zero-order chi connectivity index (χ0) is 25.7. The molecule has 0 saturated heterocycles. The highest BCUT2D eigenvalue weighted by Gasteiger charge is 2.27. The molecule has 0 aromatic heterocycles. The zero-order valence-corrected chi connectivity index (χ0v) is 22.9. The van der Waals surface area contributed by atoms with Gasteiger partial charge in [-0.3, -0.25) is 0 Å². The van der Waals surface area contributed by atoms with Gasteiger partial charge in [-0.25, -0.2) is 19.2 Å². The van der Waals surface area contributed by atoms with E-state index in [-0.39, 0.29) is 24.7 Å². The Kier molecular flexibility index (Phi) is 14.7. The lowest BCUT2D eigenvalue weighted by Crippen LogP contribution is -2.45. The molecule has 10 nitrogen and oxygen atoms in total. The van der Waals surface area contributed by atoms with Gasteiger partial charge in [0, 0.05) is 11.5 Å². The summed E-state index contributed by atoms with van der Waals surface area (Å²) in [7, 11) is 3.86. The van der Waals surface area contributed by atoms with Crippen molar-refractivity contribution in [1.29, 1.82) is 0 Å². The number of nitrogens with one attached hydrogen (secondary N) is 2. The number of ether oxygens (including phenoxy) is 4. The molecule has 13 heteroatoms. The number of hydrogen-bond donors (Lipinski definition) is 2. The van der Waals surface area contributed by atoms with Crippen LogP contribution in [0.1, 0.15) is 55.4 Å². The van der Waals surface area contributed by atoms with Crippen molar-refractivity contribution in [3.05, 3.63) is 0 Å². The lowest BCUT2D eigenvalue weighted by molar-refractivity contribution is -0.145. The number of amides is 2. The van der Waals surface area contributed by atoms with E-state index >= 15 is 0 Å². The zero-order valence-electron chi connectivity index (χ0n) is 20.5. The van der Waals surface area contributed by atoms with E-state index in [0.717, 1.165) is 0 Å². The Hall–Kier alpha value is -1.47. The Labute approximate surface area is 207 Å². The van der Waals surface area contributed by atoms with Gasteiger partial charge in [-0.15, -0.1) is 0 Å². The monoisotopic (exact) mass is 528 g/mol. The number of rotatable bonds is 12. The average molecular weight is 529 g/mol. The van der Waals surface area contributed by atoms with E-state index in [0.29, 0.717) is 0 Å². The maximum Gasteiger partial charge on any atom is 0.408 e. The fourth-order valence-electron chi connectivity index (χ4n) is 1.95. The fraction of sp³-hybridized carbons (Fsp3) is 0.800. The molecule has 0 aliphatic heterocycles. The van der Waals surface area contributed by atoms with Crippen molar-refractivity contribution in [2.24, 2.45) is 0 Å². The van der Waals surface area contributed by atoms with E-state index in [1.807, 2.05) is 0 Å². The van der Waals surface area contributed by atoms with Gasteiger partial charge < -0.3 is 29.6 Å². The van der Waals surface area contributed by atoms with Crippen LogP contribution < -0.4 is 10.6 Å². The molecule has 0 saturated carbocycles. The SMILES string of the molecule is CCOC(=O)[C@H](CSSSC[C@H](NC(=O)OC(C)(C)C)C(=O)OCC)NC(=O)OC(C)(C)C. The summed E-state index contributed by atoms with van der Waals surface area (Å²) in [5, 5.41) is 5.03.